The molecule has 0 aromatic heterocycles. The molecule has 0 spiro atoms. The Morgan fingerprint density at radius 2 is 2.05 bits per heavy atom. The number of nitrogens with one attached hydrogen (secondary N) is 1. The molecule has 1 rings (SSSR count). The van der Waals surface area contributed by atoms with E-state index in [9.17, 15) is 4.79 Å². The molecule has 1 N–H and O–H groups in total. The van der Waals surface area contributed by atoms with Gasteiger partial charge in [0.25, 0.3) is 0 Å². The maximum absolute atomic E-state index is 11.6. The zero-order chi connectivity index (χ0) is 15.0. The SMILES string of the molecule is C#CCOc1ccccc1CNCC(=O)OC(C)(C)C. The summed E-state index contributed by atoms with van der Waals surface area (Å²) in [6.07, 6.45) is 5.17. The third kappa shape index (κ3) is 6.26. The van der Waals surface area contributed by atoms with Gasteiger partial charge in [-0.25, -0.2) is 0 Å². The van der Waals surface area contributed by atoms with Gasteiger partial charge in [-0.1, -0.05) is 24.1 Å². The first-order valence-corrected chi connectivity index (χ1v) is 6.49. The first-order valence-electron chi connectivity index (χ1n) is 6.49. The quantitative estimate of drug-likeness (QED) is 0.638. The zero-order valence-corrected chi connectivity index (χ0v) is 12.2. The van der Waals surface area contributed by atoms with E-state index in [1.54, 1.807) is 0 Å². The number of hydrogen-bond acceptors (Lipinski definition) is 4. The number of benzene rings is 1. The molecule has 4 nitrogen and oxygen atoms in total. The van der Waals surface area contributed by atoms with Crippen molar-refractivity contribution in [3.63, 3.8) is 0 Å². The Balaban J connectivity index is 2.46. The predicted octanol–water partition coefficient (Wildman–Crippen LogP) is 2.13. The molecule has 0 atom stereocenters. The summed E-state index contributed by atoms with van der Waals surface area (Å²) >= 11 is 0. The van der Waals surface area contributed by atoms with Gasteiger partial charge in [0.05, 0.1) is 6.54 Å². The molecule has 1 aromatic rings. The van der Waals surface area contributed by atoms with Gasteiger partial charge < -0.3 is 14.8 Å². The van der Waals surface area contributed by atoms with Gasteiger partial charge in [0.2, 0.25) is 0 Å². The molecule has 0 bridgehead atoms. The molecule has 0 amide bonds. The van der Waals surface area contributed by atoms with Crippen LogP contribution < -0.4 is 10.1 Å². The van der Waals surface area contributed by atoms with Crippen LogP contribution in [-0.4, -0.2) is 24.7 Å². The molecule has 0 aliphatic heterocycles. The van der Waals surface area contributed by atoms with Crippen LogP contribution in [0.4, 0.5) is 0 Å². The van der Waals surface area contributed by atoms with Crippen molar-refractivity contribution in [1.82, 2.24) is 5.32 Å². The van der Waals surface area contributed by atoms with Gasteiger partial charge in [-0.2, -0.15) is 0 Å². The molecule has 0 unspecified atom stereocenters. The second-order valence-electron chi connectivity index (χ2n) is 5.29. The second kappa shape index (κ2) is 7.56. The van der Waals surface area contributed by atoms with Crippen LogP contribution in [0, 0.1) is 12.3 Å². The second-order valence-corrected chi connectivity index (χ2v) is 5.29. The molecule has 0 aliphatic carbocycles. The van der Waals surface area contributed by atoms with E-state index in [0.717, 1.165) is 11.3 Å². The Morgan fingerprint density at radius 1 is 1.35 bits per heavy atom. The minimum absolute atomic E-state index is 0.154. The lowest BCUT2D eigenvalue weighted by molar-refractivity contribution is -0.153. The molecule has 4 heteroatoms. The molecule has 0 heterocycles. The van der Waals surface area contributed by atoms with Crippen molar-refractivity contribution in [2.75, 3.05) is 13.2 Å². The van der Waals surface area contributed by atoms with Crippen molar-refractivity contribution >= 4 is 5.97 Å². The molecule has 0 aliphatic rings. The van der Waals surface area contributed by atoms with Crippen LogP contribution in [0.15, 0.2) is 24.3 Å². The number of rotatable bonds is 6. The maximum atomic E-state index is 11.6. The predicted molar refractivity (Wildman–Crippen MR) is 78.3 cm³/mol. The van der Waals surface area contributed by atoms with E-state index in [4.69, 9.17) is 15.9 Å². The van der Waals surface area contributed by atoms with E-state index in [0.29, 0.717) is 6.54 Å². The van der Waals surface area contributed by atoms with Crippen molar-refractivity contribution in [1.29, 1.82) is 0 Å². The van der Waals surface area contributed by atoms with Crippen LogP contribution in [-0.2, 0) is 16.1 Å². The summed E-state index contributed by atoms with van der Waals surface area (Å²) in [4.78, 5) is 11.6. The van der Waals surface area contributed by atoms with E-state index in [1.165, 1.54) is 0 Å². The fourth-order valence-corrected chi connectivity index (χ4v) is 1.59. The standard InChI is InChI=1S/C16H21NO3/c1-5-10-19-14-9-7-6-8-13(14)11-17-12-15(18)20-16(2,3)4/h1,6-9,17H,10-12H2,2-4H3. The van der Waals surface area contributed by atoms with E-state index >= 15 is 0 Å². The fourth-order valence-electron chi connectivity index (χ4n) is 1.59. The van der Waals surface area contributed by atoms with Gasteiger partial charge in [0.15, 0.2) is 0 Å². The average Bonchev–Trinajstić information content (AvgIpc) is 2.35. The summed E-state index contributed by atoms with van der Waals surface area (Å²) in [5.74, 6) is 2.87. The Hall–Kier alpha value is -1.99. The number of para-hydroxylation sites is 1. The number of hydrogen-bond donors (Lipinski definition) is 1. The molecule has 0 radical (unpaired) electrons. The topological polar surface area (TPSA) is 47.6 Å². The molecule has 0 saturated carbocycles. The van der Waals surface area contributed by atoms with Crippen molar-refractivity contribution in [2.24, 2.45) is 0 Å². The smallest absolute Gasteiger partial charge is 0.320 e. The molecular weight excluding hydrogens is 254 g/mol. The van der Waals surface area contributed by atoms with Gasteiger partial charge in [0, 0.05) is 12.1 Å². The zero-order valence-electron chi connectivity index (χ0n) is 12.2. The van der Waals surface area contributed by atoms with E-state index in [-0.39, 0.29) is 19.1 Å². The van der Waals surface area contributed by atoms with Crippen LogP contribution in [0.1, 0.15) is 26.3 Å². The lowest BCUT2D eigenvalue weighted by Gasteiger charge is -2.19. The highest BCUT2D eigenvalue weighted by molar-refractivity contribution is 5.72. The Kier molecular flexibility index (Phi) is 6.08. The van der Waals surface area contributed by atoms with Crippen molar-refractivity contribution < 1.29 is 14.3 Å². The van der Waals surface area contributed by atoms with Crippen molar-refractivity contribution in [3.8, 4) is 18.1 Å². The van der Waals surface area contributed by atoms with Gasteiger partial charge in [-0.05, 0) is 26.8 Å². The summed E-state index contributed by atoms with van der Waals surface area (Å²) < 4.78 is 10.6. The molecule has 20 heavy (non-hydrogen) atoms. The summed E-state index contributed by atoms with van der Waals surface area (Å²) in [6.45, 7) is 6.42. The lowest BCUT2D eigenvalue weighted by atomic mass is 10.2. The summed E-state index contributed by atoms with van der Waals surface area (Å²) in [5, 5.41) is 3.03. The molecule has 108 valence electrons. The largest absolute Gasteiger partial charge is 0.481 e. The van der Waals surface area contributed by atoms with Crippen LogP contribution in [0.5, 0.6) is 5.75 Å². The highest BCUT2D eigenvalue weighted by Gasteiger charge is 2.15. The summed E-state index contributed by atoms with van der Waals surface area (Å²) in [6, 6.07) is 7.56. The van der Waals surface area contributed by atoms with Gasteiger partial charge >= 0.3 is 5.97 Å². The lowest BCUT2D eigenvalue weighted by Crippen LogP contribution is -2.31. The normalized spacial score (nSPS) is 10.7. The van der Waals surface area contributed by atoms with Gasteiger partial charge in [-0.15, -0.1) is 6.42 Å². The van der Waals surface area contributed by atoms with Crippen molar-refractivity contribution in [3.05, 3.63) is 29.8 Å². The van der Waals surface area contributed by atoms with E-state index in [1.807, 2.05) is 45.0 Å². The highest BCUT2D eigenvalue weighted by atomic mass is 16.6. The molecule has 0 saturated heterocycles. The monoisotopic (exact) mass is 275 g/mol. The minimum atomic E-state index is -0.466. The first kappa shape index (κ1) is 16.1. The van der Waals surface area contributed by atoms with E-state index in [2.05, 4.69) is 11.2 Å². The van der Waals surface area contributed by atoms with Crippen LogP contribution in [0.25, 0.3) is 0 Å². The number of carbonyl (C=O) groups is 1. The number of terminal acetylenes is 1. The number of ether oxygens (including phenoxy) is 2. The van der Waals surface area contributed by atoms with Crippen LogP contribution in [0.2, 0.25) is 0 Å². The summed E-state index contributed by atoms with van der Waals surface area (Å²) in [7, 11) is 0. The Morgan fingerprint density at radius 3 is 2.70 bits per heavy atom. The average molecular weight is 275 g/mol. The fraction of sp³-hybridized carbons (Fsp3) is 0.438. The third-order valence-electron chi connectivity index (χ3n) is 2.29. The van der Waals surface area contributed by atoms with Crippen molar-refractivity contribution in [2.45, 2.75) is 32.9 Å². The van der Waals surface area contributed by atoms with Gasteiger partial charge in [-0.3, -0.25) is 4.79 Å². The molecule has 0 fully saturated rings. The molecular formula is C16H21NO3. The highest BCUT2D eigenvalue weighted by Crippen LogP contribution is 2.17. The first-order chi connectivity index (χ1) is 9.42. The Bertz CT molecular complexity index is 483. The van der Waals surface area contributed by atoms with Crippen LogP contribution in [0.3, 0.4) is 0 Å². The molecule has 1 aromatic carbocycles. The minimum Gasteiger partial charge on any atom is -0.481 e. The summed E-state index contributed by atoms with van der Waals surface area (Å²) in [5.41, 5.74) is 0.485. The van der Waals surface area contributed by atoms with Gasteiger partial charge in [0.1, 0.15) is 18.0 Å². The number of esters is 1. The van der Waals surface area contributed by atoms with E-state index < -0.39 is 5.60 Å². The number of carbonyl (C=O) groups excluding carboxylic acids is 1. The van der Waals surface area contributed by atoms with Crippen LogP contribution >= 0.6 is 0 Å². The Labute approximate surface area is 120 Å². The third-order valence-corrected chi connectivity index (χ3v) is 2.29. The maximum Gasteiger partial charge on any atom is 0.320 e.